The van der Waals surface area contributed by atoms with E-state index >= 15 is 0 Å². The second-order valence-electron chi connectivity index (χ2n) is 15.0. The smallest absolute Gasteiger partial charge is 0.356 e. The fourth-order valence-electron chi connectivity index (χ4n) is 8.19. The Hall–Kier alpha value is -7.26. The first-order valence-corrected chi connectivity index (χ1v) is 18.5. The van der Waals surface area contributed by atoms with Gasteiger partial charge in [-0.15, -0.1) is 0 Å². The van der Waals surface area contributed by atoms with Crippen LogP contribution < -0.4 is 5.73 Å². The van der Waals surface area contributed by atoms with Crippen molar-refractivity contribution in [1.82, 2.24) is 28.6 Å². The number of carboxylic acids is 1. The molecular formula is C45H39N7O7. The van der Waals surface area contributed by atoms with Crippen molar-refractivity contribution < 1.29 is 34.5 Å². The Bertz CT molecular complexity index is 2700. The van der Waals surface area contributed by atoms with E-state index in [4.69, 9.17) is 5.73 Å². The standard InChI is InChI=1S/C22H18N4O3.C22H17N3O4.CH4/c1-25-17-12-15(17)22(29,21(25)28)9-8-13-5-4-6-14(11-13)20-24-18(19(23)27)16-7-2-3-10-26(16)20;1-24-17-12-15(17)22(29,21(24)28)9-8-13-5-4-6-14(11-13)19-23-18(20(26)27)16-7-2-3-10-25(16)19;/h2-7,10-11,15,17,29H,12H2,1H3,(H2,23,27);2-7,10-11,15,17,29H,12H2,1H3,(H,26,27);1H4. The lowest BCUT2D eigenvalue weighted by Gasteiger charge is -2.18. The van der Waals surface area contributed by atoms with Crippen molar-refractivity contribution in [3.63, 3.8) is 0 Å². The maximum Gasteiger partial charge on any atom is 0.356 e. The van der Waals surface area contributed by atoms with Crippen molar-refractivity contribution >= 4 is 34.7 Å². The van der Waals surface area contributed by atoms with Crippen LogP contribution in [0.25, 0.3) is 33.8 Å². The van der Waals surface area contributed by atoms with Crippen LogP contribution in [0.15, 0.2) is 97.3 Å². The third-order valence-electron chi connectivity index (χ3n) is 11.4. The molecule has 6 heterocycles. The number of benzene rings is 2. The lowest BCUT2D eigenvalue weighted by Crippen LogP contribution is -2.41. The largest absolute Gasteiger partial charge is 0.476 e. The molecule has 4 aliphatic rings. The number of hydrogen-bond donors (Lipinski definition) is 4. The van der Waals surface area contributed by atoms with E-state index in [0.717, 1.165) is 18.4 Å². The van der Waals surface area contributed by atoms with E-state index < -0.39 is 23.1 Å². The van der Waals surface area contributed by atoms with Crippen LogP contribution in [0.4, 0.5) is 0 Å². The Labute approximate surface area is 338 Å². The van der Waals surface area contributed by atoms with Crippen LogP contribution in [0, 0.1) is 35.5 Å². The van der Waals surface area contributed by atoms with E-state index in [2.05, 4.69) is 33.6 Å². The lowest BCUT2D eigenvalue weighted by molar-refractivity contribution is -0.141. The minimum absolute atomic E-state index is 0. The number of nitrogens with zero attached hydrogens (tertiary/aromatic N) is 6. The minimum atomic E-state index is -1.63. The number of likely N-dealkylation sites (tertiary alicyclic amines) is 2. The molecule has 5 N–H and O–H groups in total. The molecule has 2 saturated carbocycles. The lowest BCUT2D eigenvalue weighted by atomic mass is 9.98. The molecular weight excluding hydrogens is 751 g/mol. The third-order valence-corrected chi connectivity index (χ3v) is 11.4. The van der Waals surface area contributed by atoms with E-state index in [1.54, 1.807) is 87.4 Å². The van der Waals surface area contributed by atoms with Gasteiger partial charge in [0.1, 0.15) is 11.6 Å². The first-order valence-electron chi connectivity index (χ1n) is 18.5. The Balaban J connectivity index is 0.000000161. The summed E-state index contributed by atoms with van der Waals surface area (Å²) < 4.78 is 3.51. The van der Waals surface area contributed by atoms with E-state index in [1.165, 1.54) is 0 Å². The number of rotatable bonds is 4. The second kappa shape index (κ2) is 14.0. The Kier molecular flexibility index (Phi) is 9.15. The summed E-state index contributed by atoms with van der Waals surface area (Å²) in [6, 6.07) is 25.3. The summed E-state index contributed by atoms with van der Waals surface area (Å²) >= 11 is 0. The van der Waals surface area contributed by atoms with E-state index in [0.29, 0.717) is 39.4 Å². The molecule has 4 fully saturated rings. The first kappa shape index (κ1) is 38.6. The quantitative estimate of drug-likeness (QED) is 0.194. The van der Waals surface area contributed by atoms with Gasteiger partial charge in [0.15, 0.2) is 11.4 Å². The number of imidazole rings is 2. The molecule has 14 heteroatoms. The number of aromatic nitrogens is 4. The average molecular weight is 790 g/mol. The van der Waals surface area contributed by atoms with Gasteiger partial charge < -0.3 is 30.9 Å². The molecule has 0 bridgehead atoms. The van der Waals surface area contributed by atoms with E-state index in [9.17, 15) is 34.5 Å². The zero-order chi connectivity index (χ0) is 40.7. The number of carbonyl (C=O) groups is 4. The number of aromatic carboxylic acids is 1. The number of pyridine rings is 2. The Morgan fingerprint density at radius 3 is 1.54 bits per heavy atom. The number of primary amides is 1. The van der Waals surface area contributed by atoms with Gasteiger partial charge in [0.25, 0.3) is 17.7 Å². The molecule has 2 saturated heterocycles. The SMILES string of the molecule is C.CN1C(=O)C(O)(C#Cc2cccc(-c3nc(C(=O)O)c4ccccn34)c2)C2CC21.CN1C(=O)C(O)(C#Cc2cccc(-c3nc(C(N)=O)c4ccccn34)c2)C2CC21. The molecule has 10 rings (SSSR count). The second-order valence-corrected chi connectivity index (χ2v) is 15.0. The molecule has 6 atom stereocenters. The number of carboxylic acid groups (broad SMARTS) is 1. The number of piperidine rings is 2. The van der Waals surface area contributed by atoms with Gasteiger partial charge in [-0.05, 0) is 61.4 Å². The Morgan fingerprint density at radius 1 is 0.695 bits per heavy atom. The van der Waals surface area contributed by atoms with Gasteiger partial charge in [-0.25, -0.2) is 14.8 Å². The minimum Gasteiger partial charge on any atom is -0.476 e. The number of nitrogens with two attached hydrogens (primary N) is 1. The van der Waals surface area contributed by atoms with Crippen molar-refractivity contribution in [2.45, 2.75) is 43.6 Å². The summed E-state index contributed by atoms with van der Waals surface area (Å²) in [4.78, 5) is 59.8. The first-order chi connectivity index (χ1) is 27.8. The molecule has 0 radical (unpaired) electrons. The molecule has 296 valence electrons. The zero-order valence-electron chi connectivity index (χ0n) is 31.2. The number of fused-ring (bicyclic) bond motifs is 4. The number of carbonyl (C=O) groups excluding carboxylic acids is 3. The highest BCUT2D eigenvalue weighted by Crippen LogP contribution is 2.51. The van der Waals surface area contributed by atoms with Gasteiger partial charge in [-0.3, -0.25) is 23.2 Å². The number of aliphatic hydroxyl groups is 2. The predicted octanol–water partition coefficient (Wildman–Crippen LogP) is 3.32. The topological polar surface area (TPSA) is 196 Å². The predicted molar refractivity (Wildman–Crippen MR) is 216 cm³/mol. The fourth-order valence-corrected chi connectivity index (χ4v) is 8.19. The van der Waals surface area contributed by atoms with Crippen LogP contribution in [0.5, 0.6) is 0 Å². The van der Waals surface area contributed by atoms with Crippen LogP contribution in [0.1, 0.15) is 52.4 Å². The summed E-state index contributed by atoms with van der Waals surface area (Å²) in [6.07, 6.45) is 5.12. The van der Waals surface area contributed by atoms with Gasteiger partial charge in [-0.2, -0.15) is 0 Å². The maximum absolute atomic E-state index is 12.3. The van der Waals surface area contributed by atoms with Crippen molar-refractivity contribution in [3.8, 4) is 46.5 Å². The van der Waals surface area contributed by atoms with Crippen LogP contribution in [0.2, 0.25) is 0 Å². The van der Waals surface area contributed by atoms with Crippen molar-refractivity contribution in [1.29, 1.82) is 0 Å². The van der Waals surface area contributed by atoms with Gasteiger partial charge in [0.05, 0.1) is 11.0 Å². The molecule has 6 aromatic rings. The summed E-state index contributed by atoms with van der Waals surface area (Å²) in [5.41, 5.74) is 6.22. The third kappa shape index (κ3) is 6.26. The summed E-state index contributed by atoms with van der Waals surface area (Å²) in [6.45, 7) is 0. The molecule has 2 aliphatic carbocycles. The molecule has 0 spiro atoms. The monoisotopic (exact) mass is 789 g/mol. The Morgan fingerprint density at radius 2 is 1.14 bits per heavy atom. The number of likely N-dealkylation sites (N-methyl/N-ethyl adjacent to an activating group) is 2. The highest BCUT2D eigenvalue weighted by atomic mass is 16.4. The zero-order valence-corrected chi connectivity index (χ0v) is 31.2. The highest BCUT2D eigenvalue weighted by molar-refractivity contribution is 5.99. The van der Waals surface area contributed by atoms with Crippen molar-refractivity contribution in [2.75, 3.05) is 14.1 Å². The highest BCUT2D eigenvalue weighted by Gasteiger charge is 2.66. The van der Waals surface area contributed by atoms with Crippen LogP contribution in [0.3, 0.4) is 0 Å². The molecule has 3 amide bonds. The van der Waals surface area contributed by atoms with Gasteiger partial charge in [0, 0.05) is 72.7 Å². The van der Waals surface area contributed by atoms with Gasteiger partial charge in [-0.1, -0.05) is 67.5 Å². The van der Waals surface area contributed by atoms with Gasteiger partial charge in [0.2, 0.25) is 11.2 Å². The van der Waals surface area contributed by atoms with Crippen LogP contribution in [-0.4, -0.2) is 105 Å². The number of hydrogen-bond acceptors (Lipinski definition) is 8. The molecule has 59 heavy (non-hydrogen) atoms. The number of amides is 3. The maximum atomic E-state index is 12.3. The van der Waals surface area contributed by atoms with Gasteiger partial charge >= 0.3 is 5.97 Å². The summed E-state index contributed by atoms with van der Waals surface area (Å²) in [5.74, 6) is 9.86. The molecule has 4 aromatic heterocycles. The molecule has 6 unspecified atom stereocenters. The molecule has 2 aromatic carbocycles. The molecule has 2 aliphatic heterocycles. The fraction of sp³-hybridized carbons (Fsp3) is 0.244. The van der Waals surface area contributed by atoms with Crippen LogP contribution >= 0.6 is 0 Å². The average Bonchev–Trinajstić information content (AvgIpc) is 4.12. The normalized spacial score (nSPS) is 24.5. The van der Waals surface area contributed by atoms with Crippen molar-refractivity contribution in [2.24, 2.45) is 17.6 Å². The molecule has 14 nitrogen and oxygen atoms in total. The van der Waals surface area contributed by atoms with Crippen molar-refractivity contribution in [3.05, 3.63) is 120 Å². The van der Waals surface area contributed by atoms with Crippen LogP contribution in [-0.2, 0) is 9.59 Å². The van der Waals surface area contributed by atoms with E-state index in [1.807, 2.05) is 42.6 Å². The summed E-state index contributed by atoms with van der Waals surface area (Å²) in [7, 11) is 3.39. The van der Waals surface area contributed by atoms with E-state index in [-0.39, 0.29) is 54.5 Å². The summed E-state index contributed by atoms with van der Waals surface area (Å²) in [5, 5.41) is 31.0.